The van der Waals surface area contributed by atoms with Crippen molar-refractivity contribution in [1.29, 1.82) is 0 Å². The number of halogens is 1. The minimum atomic E-state index is -1.71. The van der Waals surface area contributed by atoms with E-state index in [9.17, 15) is 14.5 Å². The molecule has 0 radical (unpaired) electrons. The maximum absolute atomic E-state index is 13.6. The molecular weight excluding hydrogens is 315 g/mol. The van der Waals surface area contributed by atoms with Crippen LogP contribution >= 0.6 is 0 Å². The van der Waals surface area contributed by atoms with Crippen molar-refractivity contribution in [2.24, 2.45) is 0 Å². The summed E-state index contributed by atoms with van der Waals surface area (Å²) in [7, 11) is -1.71. The van der Waals surface area contributed by atoms with Crippen LogP contribution in [0.1, 0.15) is 33.6 Å². The number of hydrogen-bond acceptors (Lipinski definition) is 4. The second-order valence-electron chi connectivity index (χ2n) is 7.16. The highest BCUT2D eigenvalue weighted by molar-refractivity contribution is 6.74. The van der Waals surface area contributed by atoms with Gasteiger partial charge in [-0.05, 0) is 37.0 Å². The first-order chi connectivity index (χ1) is 10.5. The summed E-state index contributed by atoms with van der Waals surface area (Å²) in [6, 6.07) is 3.50. The van der Waals surface area contributed by atoms with Gasteiger partial charge in [0.25, 0.3) is 5.69 Å². The molecule has 0 aliphatic carbocycles. The molecule has 1 aromatic rings. The van der Waals surface area contributed by atoms with Crippen molar-refractivity contribution in [2.75, 3.05) is 18.5 Å². The summed E-state index contributed by atoms with van der Waals surface area (Å²) in [5.74, 6) is -0.479. The summed E-state index contributed by atoms with van der Waals surface area (Å²) < 4.78 is 19.7. The monoisotopic (exact) mass is 342 g/mol. The van der Waals surface area contributed by atoms with Gasteiger partial charge in [-0.2, -0.15) is 0 Å². The molecule has 130 valence electrons. The number of nitrogens with zero attached hydrogens (tertiary/aromatic N) is 1. The van der Waals surface area contributed by atoms with E-state index in [1.807, 2.05) is 0 Å². The fourth-order valence-electron chi connectivity index (χ4n) is 1.76. The Labute approximate surface area is 138 Å². The predicted molar refractivity (Wildman–Crippen MR) is 93.9 cm³/mol. The van der Waals surface area contributed by atoms with Gasteiger partial charge < -0.3 is 9.74 Å². The third kappa shape index (κ3) is 5.91. The zero-order valence-corrected chi connectivity index (χ0v) is 15.6. The summed E-state index contributed by atoms with van der Waals surface area (Å²) in [6.07, 6.45) is 1.69. The SMILES string of the molecule is CC(C)(C)[Si](C)(C)OCCCCNc1cc([N+](=O)[O-])ccc1F. The second-order valence-corrected chi connectivity index (χ2v) is 12.0. The molecule has 0 spiro atoms. The van der Waals surface area contributed by atoms with Gasteiger partial charge in [-0.1, -0.05) is 20.8 Å². The van der Waals surface area contributed by atoms with Gasteiger partial charge in [-0.15, -0.1) is 0 Å². The topological polar surface area (TPSA) is 64.4 Å². The van der Waals surface area contributed by atoms with E-state index in [0.717, 1.165) is 25.0 Å². The Bertz CT molecular complexity index is 545. The summed E-state index contributed by atoms with van der Waals surface area (Å²) in [4.78, 5) is 10.2. The Morgan fingerprint density at radius 1 is 1.30 bits per heavy atom. The zero-order valence-electron chi connectivity index (χ0n) is 14.6. The van der Waals surface area contributed by atoms with Crippen molar-refractivity contribution in [3.8, 4) is 0 Å². The van der Waals surface area contributed by atoms with Crippen LogP contribution in [0.4, 0.5) is 15.8 Å². The number of unbranched alkanes of at least 4 members (excludes halogenated alkanes) is 1. The lowest BCUT2D eigenvalue weighted by atomic mass is 10.2. The predicted octanol–water partition coefficient (Wildman–Crippen LogP) is 4.95. The molecule has 0 aliphatic rings. The molecule has 1 N–H and O–H groups in total. The average Bonchev–Trinajstić information content (AvgIpc) is 2.42. The van der Waals surface area contributed by atoms with Gasteiger partial charge in [-0.25, -0.2) is 4.39 Å². The minimum Gasteiger partial charge on any atom is -0.417 e. The van der Waals surface area contributed by atoms with Crippen LogP contribution in [0.25, 0.3) is 0 Å². The highest BCUT2D eigenvalue weighted by Crippen LogP contribution is 2.36. The van der Waals surface area contributed by atoms with Crippen molar-refractivity contribution < 1.29 is 13.7 Å². The maximum Gasteiger partial charge on any atom is 0.271 e. The van der Waals surface area contributed by atoms with E-state index in [1.54, 1.807) is 0 Å². The van der Waals surface area contributed by atoms with Gasteiger partial charge in [-0.3, -0.25) is 10.1 Å². The fourth-order valence-corrected chi connectivity index (χ4v) is 2.84. The van der Waals surface area contributed by atoms with E-state index in [-0.39, 0.29) is 16.4 Å². The number of nitro benzene ring substituents is 1. The Hall–Kier alpha value is -1.47. The van der Waals surface area contributed by atoms with Crippen LogP contribution in [0.3, 0.4) is 0 Å². The first-order valence-electron chi connectivity index (χ1n) is 7.86. The second kappa shape index (κ2) is 7.87. The lowest BCUT2D eigenvalue weighted by Crippen LogP contribution is -2.41. The average molecular weight is 342 g/mol. The van der Waals surface area contributed by atoms with Crippen LogP contribution in [0.15, 0.2) is 18.2 Å². The highest BCUT2D eigenvalue weighted by Gasteiger charge is 2.36. The van der Waals surface area contributed by atoms with Gasteiger partial charge in [0.15, 0.2) is 8.32 Å². The van der Waals surface area contributed by atoms with E-state index < -0.39 is 19.1 Å². The number of non-ortho nitro benzene ring substituents is 1. The summed E-state index contributed by atoms with van der Waals surface area (Å²) >= 11 is 0. The molecule has 0 aromatic heterocycles. The Balaban J connectivity index is 2.36. The first kappa shape index (κ1) is 19.6. The van der Waals surface area contributed by atoms with Crippen LogP contribution in [-0.2, 0) is 4.43 Å². The molecule has 0 bridgehead atoms. The first-order valence-corrected chi connectivity index (χ1v) is 10.8. The lowest BCUT2D eigenvalue weighted by molar-refractivity contribution is -0.384. The minimum absolute atomic E-state index is 0.116. The molecule has 0 unspecified atom stereocenters. The van der Waals surface area contributed by atoms with Crippen molar-refractivity contribution >= 4 is 19.7 Å². The summed E-state index contributed by atoms with van der Waals surface area (Å²) in [5.41, 5.74) is 0.0553. The van der Waals surface area contributed by atoms with Gasteiger partial charge in [0.2, 0.25) is 0 Å². The molecule has 1 aromatic carbocycles. The van der Waals surface area contributed by atoms with Gasteiger partial charge in [0.05, 0.1) is 10.6 Å². The van der Waals surface area contributed by atoms with Crippen molar-refractivity contribution in [3.05, 3.63) is 34.1 Å². The molecule has 23 heavy (non-hydrogen) atoms. The molecule has 7 heteroatoms. The Morgan fingerprint density at radius 2 is 1.96 bits per heavy atom. The van der Waals surface area contributed by atoms with Crippen LogP contribution in [0, 0.1) is 15.9 Å². The molecule has 0 saturated carbocycles. The Kier molecular flexibility index (Phi) is 6.70. The van der Waals surface area contributed by atoms with Crippen LogP contribution in [0.5, 0.6) is 0 Å². The fraction of sp³-hybridized carbons (Fsp3) is 0.625. The number of nitrogens with one attached hydrogen (secondary N) is 1. The lowest BCUT2D eigenvalue weighted by Gasteiger charge is -2.36. The third-order valence-electron chi connectivity index (χ3n) is 4.32. The zero-order chi connectivity index (χ0) is 17.7. The van der Waals surface area contributed by atoms with Crippen LogP contribution in [0.2, 0.25) is 18.1 Å². The van der Waals surface area contributed by atoms with Crippen molar-refractivity contribution in [1.82, 2.24) is 0 Å². The van der Waals surface area contributed by atoms with E-state index >= 15 is 0 Å². The smallest absolute Gasteiger partial charge is 0.271 e. The highest BCUT2D eigenvalue weighted by atomic mass is 28.4. The molecule has 0 atom stereocenters. The normalized spacial score (nSPS) is 12.3. The number of rotatable bonds is 8. The number of benzene rings is 1. The summed E-state index contributed by atoms with van der Waals surface area (Å²) in [5, 5.41) is 13.8. The van der Waals surface area contributed by atoms with Crippen molar-refractivity contribution in [3.63, 3.8) is 0 Å². The van der Waals surface area contributed by atoms with E-state index in [1.165, 1.54) is 6.07 Å². The number of nitro groups is 1. The van der Waals surface area contributed by atoms with E-state index in [4.69, 9.17) is 4.43 Å². The van der Waals surface area contributed by atoms with Crippen LogP contribution in [-0.4, -0.2) is 26.4 Å². The third-order valence-corrected chi connectivity index (χ3v) is 8.85. The van der Waals surface area contributed by atoms with E-state index in [0.29, 0.717) is 13.2 Å². The largest absolute Gasteiger partial charge is 0.417 e. The molecule has 0 saturated heterocycles. The van der Waals surface area contributed by atoms with Gasteiger partial charge >= 0.3 is 0 Å². The Morgan fingerprint density at radius 3 is 2.52 bits per heavy atom. The molecule has 0 heterocycles. The molecule has 0 fully saturated rings. The standard InChI is InChI=1S/C16H27FN2O3Si/c1-16(2,3)23(4,5)22-11-7-6-10-18-15-12-13(19(20)21)8-9-14(15)17/h8-9,12,18H,6-7,10-11H2,1-5H3. The molecule has 0 amide bonds. The number of anilines is 1. The molecule has 0 aliphatic heterocycles. The molecule has 5 nitrogen and oxygen atoms in total. The number of hydrogen-bond donors (Lipinski definition) is 1. The van der Waals surface area contributed by atoms with E-state index in [2.05, 4.69) is 39.2 Å². The quantitative estimate of drug-likeness (QED) is 0.314. The maximum atomic E-state index is 13.6. The molecule has 1 rings (SSSR count). The van der Waals surface area contributed by atoms with Crippen molar-refractivity contribution in [2.45, 2.75) is 51.7 Å². The van der Waals surface area contributed by atoms with Gasteiger partial charge in [0.1, 0.15) is 5.82 Å². The molecular formula is C16H27FN2O3Si. The summed E-state index contributed by atoms with van der Waals surface area (Å²) in [6.45, 7) is 12.3. The van der Waals surface area contributed by atoms with Gasteiger partial charge in [0, 0.05) is 25.3 Å². The van der Waals surface area contributed by atoms with Crippen LogP contribution < -0.4 is 5.32 Å².